The van der Waals surface area contributed by atoms with Crippen LogP contribution in [0.25, 0.3) is 0 Å². The predicted octanol–water partition coefficient (Wildman–Crippen LogP) is 1.93. The zero-order chi connectivity index (χ0) is 10.4. The number of nitrogens with one attached hydrogen (secondary N) is 1. The lowest BCUT2D eigenvalue weighted by Gasteiger charge is -2.17. The van der Waals surface area contributed by atoms with Crippen LogP contribution in [-0.2, 0) is 0 Å². The van der Waals surface area contributed by atoms with Gasteiger partial charge in [0, 0.05) is 23.6 Å². The largest absolute Gasteiger partial charge is 0.382 e. The maximum atomic E-state index is 5.54. The molecule has 0 saturated carbocycles. The lowest BCUT2D eigenvalue weighted by Crippen LogP contribution is -2.22. The van der Waals surface area contributed by atoms with Gasteiger partial charge in [-0.3, -0.25) is 4.98 Å². The molecule has 0 radical (unpaired) electrons. The van der Waals surface area contributed by atoms with Crippen LogP contribution in [0, 0.1) is 6.92 Å². The molecule has 0 aliphatic heterocycles. The van der Waals surface area contributed by atoms with Crippen molar-refractivity contribution in [1.29, 1.82) is 0 Å². The summed E-state index contributed by atoms with van der Waals surface area (Å²) in [6.45, 7) is 4.89. The maximum Gasteiger partial charge on any atom is 0.0393 e. The molecule has 0 amide bonds. The van der Waals surface area contributed by atoms with Gasteiger partial charge in [0.1, 0.15) is 0 Å². The second kappa shape index (κ2) is 5.60. The van der Waals surface area contributed by atoms with Crippen molar-refractivity contribution >= 4 is 5.69 Å². The van der Waals surface area contributed by atoms with Gasteiger partial charge in [-0.2, -0.15) is 0 Å². The molecular formula is C11H19N3. The number of aromatic nitrogens is 1. The molecule has 3 nitrogen and oxygen atoms in total. The third-order valence-corrected chi connectivity index (χ3v) is 2.28. The van der Waals surface area contributed by atoms with Crippen molar-refractivity contribution in [1.82, 2.24) is 4.98 Å². The van der Waals surface area contributed by atoms with Gasteiger partial charge in [0.25, 0.3) is 0 Å². The molecule has 0 spiro atoms. The van der Waals surface area contributed by atoms with Crippen LogP contribution in [0.2, 0.25) is 0 Å². The van der Waals surface area contributed by atoms with E-state index in [1.165, 1.54) is 0 Å². The molecule has 1 heterocycles. The summed E-state index contributed by atoms with van der Waals surface area (Å²) < 4.78 is 0. The molecule has 3 heteroatoms. The van der Waals surface area contributed by atoms with Crippen LogP contribution in [0.1, 0.15) is 25.5 Å². The van der Waals surface area contributed by atoms with Crippen molar-refractivity contribution in [3.8, 4) is 0 Å². The summed E-state index contributed by atoms with van der Waals surface area (Å²) in [6, 6.07) is 4.52. The Morgan fingerprint density at radius 2 is 2.36 bits per heavy atom. The second-order valence-electron chi connectivity index (χ2n) is 3.51. The third-order valence-electron chi connectivity index (χ3n) is 2.28. The second-order valence-corrected chi connectivity index (χ2v) is 3.51. The van der Waals surface area contributed by atoms with Crippen molar-refractivity contribution in [2.75, 3.05) is 11.9 Å². The highest BCUT2D eigenvalue weighted by Gasteiger charge is 2.04. The Labute approximate surface area is 85.7 Å². The molecular weight excluding hydrogens is 174 g/mol. The van der Waals surface area contributed by atoms with E-state index < -0.39 is 0 Å². The number of rotatable bonds is 5. The molecule has 3 N–H and O–H groups in total. The summed E-state index contributed by atoms with van der Waals surface area (Å²) in [6.07, 6.45) is 3.93. The number of aryl methyl sites for hydroxylation is 1. The van der Waals surface area contributed by atoms with Crippen LogP contribution in [0.15, 0.2) is 18.3 Å². The van der Waals surface area contributed by atoms with Crippen molar-refractivity contribution in [3.63, 3.8) is 0 Å². The summed E-state index contributed by atoms with van der Waals surface area (Å²) in [4.78, 5) is 4.15. The minimum atomic E-state index is 0.474. The highest BCUT2D eigenvalue weighted by atomic mass is 14.9. The topological polar surface area (TPSA) is 50.9 Å². The predicted molar refractivity (Wildman–Crippen MR) is 60.3 cm³/mol. The monoisotopic (exact) mass is 193 g/mol. The Hall–Kier alpha value is -1.09. The quantitative estimate of drug-likeness (QED) is 0.751. The summed E-state index contributed by atoms with van der Waals surface area (Å²) in [5.41, 5.74) is 7.71. The van der Waals surface area contributed by atoms with E-state index in [-0.39, 0.29) is 0 Å². The highest BCUT2D eigenvalue weighted by Crippen LogP contribution is 2.11. The fraction of sp³-hybridized carbons (Fsp3) is 0.545. The van der Waals surface area contributed by atoms with E-state index in [4.69, 9.17) is 5.73 Å². The van der Waals surface area contributed by atoms with Crippen LogP contribution in [-0.4, -0.2) is 17.6 Å². The van der Waals surface area contributed by atoms with Crippen LogP contribution in [0.3, 0.4) is 0 Å². The van der Waals surface area contributed by atoms with E-state index in [1.54, 1.807) is 0 Å². The third kappa shape index (κ3) is 3.34. The molecule has 0 aliphatic rings. The maximum absolute atomic E-state index is 5.54. The van der Waals surface area contributed by atoms with Gasteiger partial charge in [-0.05, 0) is 38.4 Å². The van der Waals surface area contributed by atoms with Gasteiger partial charge < -0.3 is 11.1 Å². The van der Waals surface area contributed by atoms with E-state index >= 15 is 0 Å². The summed E-state index contributed by atoms with van der Waals surface area (Å²) in [5.74, 6) is 0. The van der Waals surface area contributed by atoms with Crippen molar-refractivity contribution in [2.45, 2.75) is 32.7 Å². The fourth-order valence-corrected chi connectivity index (χ4v) is 1.45. The average molecular weight is 193 g/mol. The number of nitrogens with two attached hydrogens (primary N) is 1. The smallest absolute Gasteiger partial charge is 0.0393 e. The summed E-state index contributed by atoms with van der Waals surface area (Å²) >= 11 is 0. The van der Waals surface area contributed by atoms with Gasteiger partial charge in [0.2, 0.25) is 0 Å². The molecule has 1 aromatic rings. The molecule has 78 valence electrons. The zero-order valence-corrected chi connectivity index (χ0v) is 8.96. The molecule has 0 bridgehead atoms. The van der Waals surface area contributed by atoms with E-state index in [9.17, 15) is 0 Å². The van der Waals surface area contributed by atoms with Crippen molar-refractivity contribution in [3.05, 3.63) is 24.0 Å². The summed E-state index contributed by atoms with van der Waals surface area (Å²) in [5, 5.41) is 3.45. The Morgan fingerprint density at radius 1 is 1.57 bits per heavy atom. The summed E-state index contributed by atoms with van der Waals surface area (Å²) in [7, 11) is 0. The number of hydrogen-bond acceptors (Lipinski definition) is 3. The highest BCUT2D eigenvalue weighted by molar-refractivity contribution is 5.43. The number of nitrogens with zero attached hydrogens (tertiary/aromatic N) is 1. The van der Waals surface area contributed by atoms with E-state index in [0.717, 1.165) is 30.8 Å². The van der Waals surface area contributed by atoms with Crippen LogP contribution < -0.4 is 11.1 Å². The zero-order valence-electron chi connectivity index (χ0n) is 8.96. The van der Waals surface area contributed by atoms with Gasteiger partial charge in [0.15, 0.2) is 0 Å². The van der Waals surface area contributed by atoms with E-state index in [0.29, 0.717) is 6.04 Å². The van der Waals surface area contributed by atoms with Gasteiger partial charge in [0.05, 0.1) is 0 Å². The first kappa shape index (κ1) is 11.0. The van der Waals surface area contributed by atoms with E-state index in [1.807, 2.05) is 19.2 Å². The van der Waals surface area contributed by atoms with Gasteiger partial charge in [-0.15, -0.1) is 0 Å². The van der Waals surface area contributed by atoms with Gasteiger partial charge >= 0.3 is 0 Å². The lowest BCUT2D eigenvalue weighted by atomic mass is 10.1. The Morgan fingerprint density at radius 3 is 2.93 bits per heavy atom. The molecule has 0 saturated heterocycles. The standard InChI is InChI=1S/C11H19N3/c1-3-10(4-6-12)14-11-5-7-13-9(2)8-11/h5,7-8,10H,3-4,6,12H2,1-2H3,(H,13,14). The number of anilines is 1. The Kier molecular flexibility index (Phi) is 4.40. The first-order chi connectivity index (χ1) is 6.76. The average Bonchev–Trinajstić information content (AvgIpc) is 2.17. The minimum Gasteiger partial charge on any atom is -0.382 e. The first-order valence-corrected chi connectivity index (χ1v) is 5.15. The van der Waals surface area contributed by atoms with E-state index in [2.05, 4.69) is 23.3 Å². The first-order valence-electron chi connectivity index (χ1n) is 5.15. The molecule has 1 atom stereocenters. The molecule has 1 aromatic heterocycles. The SMILES string of the molecule is CCC(CCN)Nc1ccnc(C)c1. The van der Waals surface area contributed by atoms with Gasteiger partial charge in [-0.1, -0.05) is 6.92 Å². The van der Waals surface area contributed by atoms with Crippen molar-refractivity contribution < 1.29 is 0 Å². The lowest BCUT2D eigenvalue weighted by molar-refractivity contribution is 0.642. The van der Waals surface area contributed by atoms with Gasteiger partial charge in [-0.25, -0.2) is 0 Å². The van der Waals surface area contributed by atoms with Crippen LogP contribution in [0.4, 0.5) is 5.69 Å². The molecule has 0 aromatic carbocycles. The Bertz CT molecular complexity index is 273. The molecule has 14 heavy (non-hydrogen) atoms. The molecule has 0 fully saturated rings. The van der Waals surface area contributed by atoms with Crippen LogP contribution in [0.5, 0.6) is 0 Å². The molecule has 1 unspecified atom stereocenters. The molecule has 0 aliphatic carbocycles. The van der Waals surface area contributed by atoms with Crippen molar-refractivity contribution in [2.24, 2.45) is 5.73 Å². The molecule has 1 rings (SSSR count). The fourth-order valence-electron chi connectivity index (χ4n) is 1.45. The van der Waals surface area contributed by atoms with Crippen LogP contribution >= 0.6 is 0 Å². The number of pyridine rings is 1. The minimum absolute atomic E-state index is 0.474. The number of hydrogen-bond donors (Lipinski definition) is 2. The normalized spacial score (nSPS) is 12.5. The Balaban J connectivity index is 2.57.